The van der Waals surface area contributed by atoms with Gasteiger partial charge in [-0.15, -0.1) is 0 Å². The third-order valence-electron chi connectivity index (χ3n) is 3.64. The van der Waals surface area contributed by atoms with Gasteiger partial charge in [-0.2, -0.15) is 20.4 Å². The lowest BCUT2D eigenvalue weighted by Crippen LogP contribution is -1.98. The Labute approximate surface area is 127 Å². The average Bonchev–Trinajstić information content (AvgIpc) is 2.55. The summed E-state index contributed by atoms with van der Waals surface area (Å²) in [7, 11) is 0. The fourth-order valence-corrected chi connectivity index (χ4v) is 2.21. The van der Waals surface area contributed by atoms with Gasteiger partial charge in [0.15, 0.2) is 0 Å². The van der Waals surface area contributed by atoms with Crippen molar-refractivity contribution in [1.82, 2.24) is 20.4 Å². The highest BCUT2D eigenvalue weighted by molar-refractivity contribution is 5.07. The zero-order valence-corrected chi connectivity index (χ0v) is 13.0. The van der Waals surface area contributed by atoms with Gasteiger partial charge in [0.25, 0.3) is 0 Å². The molecule has 0 spiro atoms. The largest absolute Gasteiger partial charge is 0.155 e. The summed E-state index contributed by atoms with van der Waals surface area (Å²) in [5.41, 5.74) is 4.32. The Morgan fingerprint density at radius 3 is 1.29 bits per heavy atom. The van der Waals surface area contributed by atoms with E-state index >= 15 is 0 Å². The van der Waals surface area contributed by atoms with Crippen molar-refractivity contribution in [1.29, 1.82) is 0 Å². The molecular weight excluding hydrogens is 260 g/mol. The number of hydrogen-bond acceptors (Lipinski definition) is 4. The zero-order chi connectivity index (χ0) is 14.9. The summed E-state index contributed by atoms with van der Waals surface area (Å²) in [6.45, 7) is 4.19. The highest BCUT2D eigenvalue weighted by atomic mass is 15.1. The molecule has 0 amide bonds. The molecule has 2 aromatic rings. The van der Waals surface area contributed by atoms with Crippen LogP contribution in [0.5, 0.6) is 0 Å². The van der Waals surface area contributed by atoms with Gasteiger partial charge in [-0.05, 0) is 62.8 Å². The molecule has 0 aliphatic carbocycles. The van der Waals surface area contributed by atoms with E-state index in [2.05, 4.69) is 58.5 Å². The number of aryl methyl sites for hydroxylation is 4. The van der Waals surface area contributed by atoms with E-state index in [9.17, 15) is 0 Å². The lowest BCUT2D eigenvalue weighted by atomic mass is 10.1. The first kappa shape index (κ1) is 15.5. The fourth-order valence-electron chi connectivity index (χ4n) is 2.21. The van der Waals surface area contributed by atoms with Gasteiger partial charge in [0.2, 0.25) is 0 Å². The molecule has 4 nitrogen and oxygen atoms in total. The van der Waals surface area contributed by atoms with Gasteiger partial charge in [-0.25, -0.2) is 0 Å². The Morgan fingerprint density at radius 2 is 0.952 bits per heavy atom. The Bertz CT molecular complexity index is 470. The maximum Gasteiger partial charge on any atom is 0.0631 e. The summed E-state index contributed by atoms with van der Waals surface area (Å²) >= 11 is 0. The van der Waals surface area contributed by atoms with Crippen LogP contribution in [-0.4, -0.2) is 20.4 Å². The highest BCUT2D eigenvalue weighted by Gasteiger charge is 1.99. The number of hydrogen-bond donors (Lipinski definition) is 0. The van der Waals surface area contributed by atoms with E-state index in [4.69, 9.17) is 0 Å². The minimum atomic E-state index is 0.950. The van der Waals surface area contributed by atoms with Gasteiger partial charge >= 0.3 is 0 Å². The zero-order valence-electron chi connectivity index (χ0n) is 13.0. The first-order valence-corrected chi connectivity index (χ1v) is 7.94. The summed E-state index contributed by atoms with van der Waals surface area (Å²) < 4.78 is 0. The van der Waals surface area contributed by atoms with E-state index in [1.165, 1.54) is 6.42 Å². The molecule has 0 saturated heterocycles. The van der Waals surface area contributed by atoms with Crippen molar-refractivity contribution >= 4 is 0 Å². The third-order valence-corrected chi connectivity index (χ3v) is 3.64. The number of rotatable bonds is 8. The number of aromatic nitrogens is 4. The fraction of sp³-hybridized carbons (Fsp3) is 0.529. The molecule has 0 radical (unpaired) electrons. The molecule has 2 rings (SSSR count). The molecule has 0 saturated carbocycles. The average molecular weight is 284 g/mol. The predicted octanol–water partition coefficient (Wildman–Crippen LogP) is 3.35. The molecule has 0 aromatic carbocycles. The Morgan fingerprint density at radius 1 is 0.571 bits per heavy atom. The molecule has 0 bridgehead atoms. The molecule has 2 aromatic heterocycles. The Balaban J connectivity index is 1.64. The maximum absolute atomic E-state index is 4.25. The summed E-state index contributed by atoms with van der Waals surface area (Å²) in [4.78, 5) is 0. The van der Waals surface area contributed by atoms with Crippen LogP contribution in [-0.2, 0) is 25.7 Å². The molecule has 0 atom stereocenters. The second-order valence-corrected chi connectivity index (χ2v) is 5.30. The van der Waals surface area contributed by atoms with E-state index in [0.29, 0.717) is 0 Å². The van der Waals surface area contributed by atoms with Crippen molar-refractivity contribution < 1.29 is 0 Å². The summed E-state index contributed by atoms with van der Waals surface area (Å²) in [6, 6.07) is 8.35. The van der Waals surface area contributed by atoms with Gasteiger partial charge in [0.05, 0.1) is 22.8 Å². The molecule has 21 heavy (non-hydrogen) atoms. The lowest BCUT2D eigenvalue weighted by molar-refractivity contribution is 0.653. The second kappa shape index (κ2) is 8.45. The van der Waals surface area contributed by atoms with Crippen LogP contribution < -0.4 is 0 Å². The Kier molecular flexibility index (Phi) is 6.25. The standard InChI is InChI=1S/C17H24N4/c1-3-14-10-12-16(20-18-14)8-6-5-7-9-17-13-11-15(4-2)19-21-17/h10-13H,3-9H2,1-2H3. The number of unbranched alkanes of at least 4 members (excludes halogenated alkanes) is 2. The van der Waals surface area contributed by atoms with Gasteiger partial charge in [0, 0.05) is 0 Å². The SMILES string of the molecule is CCc1ccc(CCCCCc2ccc(CC)nn2)nn1. The van der Waals surface area contributed by atoms with Crippen molar-refractivity contribution in [2.75, 3.05) is 0 Å². The van der Waals surface area contributed by atoms with Crippen LogP contribution in [0.15, 0.2) is 24.3 Å². The lowest BCUT2D eigenvalue weighted by Gasteiger charge is -2.02. The van der Waals surface area contributed by atoms with Crippen LogP contribution in [0, 0.1) is 0 Å². The van der Waals surface area contributed by atoms with E-state index in [0.717, 1.165) is 61.3 Å². The summed E-state index contributed by atoms with van der Waals surface area (Å²) in [5, 5.41) is 16.9. The molecule has 4 heteroatoms. The van der Waals surface area contributed by atoms with E-state index in [-0.39, 0.29) is 0 Å². The maximum atomic E-state index is 4.25. The third kappa shape index (κ3) is 5.21. The topological polar surface area (TPSA) is 51.6 Å². The van der Waals surface area contributed by atoms with Crippen molar-refractivity contribution in [3.63, 3.8) is 0 Å². The van der Waals surface area contributed by atoms with Crippen molar-refractivity contribution in [2.45, 2.75) is 58.8 Å². The number of nitrogens with zero attached hydrogens (tertiary/aromatic N) is 4. The predicted molar refractivity (Wildman–Crippen MR) is 84.1 cm³/mol. The van der Waals surface area contributed by atoms with Crippen LogP contribution >= 0.6 is 0 Å². The first-order valence-electron chi connectivity index (χ1n) is 7.94. The second-order valence-electron chi connectivity index (χ2n) is 5.30. The quantitative estimate of drug-likeness (QED) is 0.698. The normalized spacial score (nSPS) is 10.8. The minimum Gasteiger partial charge on any atom is -0.155 e. The van der Waals surface area contributed by atoms with E-state index in [1.807, 2.05) is 0 Å². The smallest absolute Gasteiger partial charge is 0.0631 e. The molecule has 0 N–H and O–H groups in total. The van der Waals surface area contributed by atoms with Crippen LogP contribution in [0.25, 0.3) is 0 Å². The Hall–Kier alpha value is -1.84. The van der Waals surface area contributed by atoms with Crippen molar-refractivity contribution in [3.8, 4) is 0 Å². The van der Waals surface area contributed by atoms with Gasteiger partial charge in [-0.3, -0.25) is 0 Å². The van der Waals surface area contributed by atoms with Gasteiger partial charge in [-0.1, -0.05) is 20.3 Å². The molecule has 0 aliphatic heterocycles. The van der Waals surface area contributed by atoms with Crippen molar-refractivity contribution in [3.05, 3.63) is 47.0 Å². The summed E-state index contributed by atoms with van der Waals surface area (Å²) in [6.07, 6.45) is 7.42. The van der Waals surface area contributed by atoms with Crippen LogP contribution in [0.2, 0.25) is 0 Å². The van der Waals surface area contributed by atoms with Gasteiger partial charge in [0.1, 0.15) is 0 Å². The van der Waals surface area contributed by atoms with Gasteiger partial charge < -0.3 is 0 Å². The molecular formula is C17H24N4. The molecule has 0 fully saturated rings. The molecule has 0 aliphatic rings. The first-order chi connectivity index (χ1) is 10.3. The molecule has 0 unspecified atom stereocenters. The van der Waals surface area contributed by atoms with Crippen LogP contribution in [0.3, 0.4) is 0 Å². The summed E-state index contributed by atoms with van der Waals surface area (Å²) in [5.74, 6) is 0. The minimum absolute atomic E-state index is 0.950. The van der Waals surface area contributed by atoms with Crippen LogP contribution in [0.1, 0.15) is 55.9 Å². The van der Waals surface area contributed by atoms with E-state index in [1.54, 1.807) is 0 Å². The molecule has 112 valence electrons. The van der Waals surface area contributed by atoms with Crippen LogP contribution in [0.4, 0.5) is 0 Å². The monoisotopic (exact) mass is 284 g/mol. The van der Waals surface area contributed by atoms with E-state index < -0.39 is 0 Å². The van der Waals surface area contributed by atoms with Crippen molar-refractivity contribution in [2.24, 2.45) is 0 Å². The molecule has 2 heterocycles. The highest BCUT2D eigenvalue weighted by Crippen LogP contribution is 2.08.